The zero-order valence-corrected chi connectivity index (χ0v) is 19.9. The lowest BCUT2D eigenvalue weighted by Crippen LogP contribution is -2.37. The normalized spacial score (nSPS) is 11.4. The van der Waals surface area contributed by atoms with Gasteiger partial charge in [-0.2, -0.15) is 4.31 Å². The fourth-order valence-corrected chi connectivity index (χ4v) is 4.85. The third-order valence-corrected chi connectivity index (χ3v) is 7.19. The second-order valence-corrected chi connectivity index (χ2v) is 10.1. The van der Waals surface area contributed by atoms with Crippen molar-refractivity contribution < 1.29 is 18.0 Å². The molecule has 10 heteroatoms. The number of benzene rings is 3. The van der Waals surface area contributed by atoms with E-state index < -0.39 is 28.4 Å². The zero-order chi connectivity index (χ0) is 24.2. The average Bonchev–Trinajstić information content (AvgIpc) is 2.75. The van der Waals surface area contributed by atoms with Crippen LogP contribution in [0.5, 0.6) is 0 Å². The van der Waals surface area contributed by atoms with Crippen molar-refractivity contribution in [1.82, 2.24) is 4.31 Å². The molecule has 0 fully saturated rings. The molecule has 3 N–H and O–H groups in total. The van der Waals surface area contributed by atoms with E-state index in [1.165, 1.54) is 42.5 Å². The molecule has 0 atom stereocenters. The number of sulfonamides is 1. The summed E-state index contributed by atoms with van der Waals surface area (Å²) >= 11 is 12.2. The van der Waals surface area contributed by atoms with Gasteiger partial charge in [0.2, 0.25) is 21.8 Å². The summed E-state index contributed by atoms with van der Waals surface area (Å²) in [4.78, 5) is 24.0. The number of aryl methyl sites for hydroxylation is 1. The molecule has 0 unspecified atom stereocenters. The van der Waals surface area contributed by atoms with Crippen molar-refractivity contribution >= 4 is 50.7 Å². The molecule has 172 valence electrons. The number of nitrogens with one attached hydrogen (secondary N) is 1. The number of amides is 2. The van der Waals surface area contributed by atoms with E-state index in [4.69, 9.17) is 28.9 Å². The Balaban J connectivity index is 1.88. The van der Waals surface area contributed by atoms with Crippen molar-refractivity contribution in [3.8, 4) is 0 Å². The average molecular weight is 506 g/mol. The van der Waals surface area contributed by atoms with Gasteiger partial charge in [0.15, 0.2) is 0 Å². The number of carbonyl (C=O) groups is 2. The van der Waals surface area contributed by atoms with Crippen LogP contribution in [0.1, 0.15) is 21.5 Å². The van der Waals surface area contributed by atoms with E-state index in [-0.39, 0.29) is 22.0 Å². The highest BCUT2D eigenvalue weighted by atomic mass is 35.5. The van der Waals surface area contributed by atoms with Crippen LogP contribution >= 0.6 is 23.2 Å². The Hall–Kier alpha value is -2.91. The standard InChI is InChI=1S/C23H21Cl2N3O4S/c1-15-2-10-20(11-3-15)33(31,32)28(13-17-4-7-18(24)12-21(17)25)14-22(29)27-19-8-5-16(6-9-19)23(26)30/h2-12H,13-14H2,1H3,(H2,26,30)(H,27,29). The van der Waals surface area contributed by atoms with E-state index in [2.05, 4.69) is 5.32 Å². The van der Waals surface area contributed by atoms with Gasteiger partial charge in [0, 0.05) is 27.8 Å². The van der Waals surface area contributed by atoms with Crippen molar-refractivity contribution in [2.45, 2.75) is 18.4 Å². The van der Waals surface area contributed by atoms with Crippen LogP contribution in [-0.4, -0.2) is 31.1 Å². The van der Waals surface area contributed by atoms with Gasteiger partial charge in [-0.05, 0) is 61.0 Å². The Bertz CT molecular complexity index is 1280. The molecule has 0 aliphatic rings. The van der Waals surface area contributed by atoms with Gasteiger partial charge in [0.25, 0.3) is 0 Å². The topological polar surface area (TPSA) is 110 Å². The molecule has 0 aliphatic carbocycles. The molecule has 3 rings (SSSR count). The molecule has 3 aromatic carbocycles. The molecule has 0 heterocycles. The summed E-state index contributed by atoms with van der Waals surface area (Å²) < 4.78 is 27.8. The van der Waals surface area contributed by atoms with E-state index in [0.717, 1.165) is 9.87 Å². The van der Waals surface area contributed by atoms with E-state index in [1.54, 1.807) is 24.3 Å². The lowest BCUT2D eigenvalue weighted by atomic mass is 10.2. The highest BCUT2D eigenvalue weighted by molar-refractivity contribution is 7.89. The lowest BCUT2D eigenvalue weighted by molar-refractivity contribution is -0.116. The maximum atomic E-state index is 13.4. The van der Waals surface area contributed by atoms with Gasteiger partial charge in [0.05, 0.1) is 11.4 Å². The smallest absolute Gasteiger partial charge is 0.248 e. The predicted molar refractivity (Wildman–Crippen MR) is 129 cm³/mol. The number of halogens is 2. The first kappa shape index (κ1) is 24.7. The summed E-state index contributed by atoms with van der Waals surface area (Å²) in [7, 11) is -4.03. The van der Waals surface area contributed by atoms with E-state index in [9.17, 15) is 18.0 Å². The molecular weight excluding hydrogens is 485 g/mol. The van der Waals surface area contributed by atoms with Crippen molar-refractivity contribution in [2.75, 3.05) is 11.9 Å². The first-order valence-corrected chi connectivity index (χ1v) is 12.0. The summed E-state index contributed by atoms with van der Waals surface area (Å²) in [5.41, 5.74) is 7.29. The van der Waals surface area contributed by atoms with Crippen LogP contribution in [-0.2, 0) is 21.4 Å². The second kappa shape index (κ2) is 10.4. The minimum atomic E-state index is -4.03. The second-order valence-electron chi connectivity index (χ2n) is 7.31. The Morgan fingerprint density at radius 3 is 2.18 bits per heavy atom. The molecule has 3 aromatic rings. The van der Waals surface area contributed by atoms with E-state index >= 15 is 0 Å². The minimum Gasteiger partial charge on any atom is -0.366 e. The van der Waals surface area contributed by atoms with Crippen LogP contribution in [0.3, 0.4) is 0 Å². The van der Waals surface area contributed by atoms with Crippen LogP contribution in [0.15, 0.2) is 71.6 Å². The minimum absolute atomic E-state index is 0.0526. The van der Waals surface area contributed by atoms with Gasteiger partial charge in [-0.1, -0.05) is 47.0 Å². The van der Waals surface area contributed by atoms with Gasteiger partial charge in [-0.25, -0.2) is 8.42 Å². The lowest BCUT2D eigenvalue weighted by Gasteiger charge is -2.22. The maximum Gasteiger partial charge on any atom is 0.248 e. The molecular formula is C23H21Cl2N3O4S. The molecule has 0 saturated carbocycles. The van der Waals surface area contributed by atoms with Gasteiger partial charge in [0.1, 0.15) is 0 Å². The number of hydrogen-bond acceptors (Lipinski definition) is 4. The summed E-state index contributed by atoms with van der Waals surface area (Å²) in [5, 5.41) is 3.33. The van der Waals surface area contributed by atoms with E-state index in [0.29, 0.717) is 16.3 Å². The third kappa shape index (κ3) is 6.33. The molecule has 0 aliphatic heterocycles. The van der Waals surface area contributed by atoms with Crippen molar-refractivity contribution in [1.29, 1.82) is 0 Å². The van der Waals surface area contributed by atoms with Crippen LogP contribution < -0.4 is 11.1 Å². The summed E-state index contributed by atoms with van der Waals surface area (Å²) in [6.45, 7) is 1.24. The molecule has 0 bridgehead atoms. The molecule has 0 aromatic heterocycles. The van der Waals surface area contributed by atoms with Gasteiger partial charge >= 0.3 is 0 Å². The van der Waals surface area contributed by atoms with Crippen molar-refractivity contribution in [3.63, 3.8) is 0 Å². The fourth-order valence-electron chi connectivity index (χ4n) is 3.00. The molecule has 7 nitrogen and oxygen atoms in total. The number of anilines is 1. The largest absolute Gasteiger partial charge is 0.366 e. The highest BCUT2D eigenvalue weighted by Crippen LogP contribution is 2.25. The zero-order valence-electron chi connectivity index (χ0n) is 17.6. The Morgan fingerprint density at radius 2 is 1.61 bits per heavy atom. The van der Waals surface area contributed by atoms with Crippen LogP contribution in [0, 0.1) is 6.92 Å². The van der Waals surface area contributed by atoms with Crippen molar-refractivity contribution in [3.05, 3.63) is 93.5 Å². The van der Waals surface area contributed by atoms with Gasteiger partial charge < -0.3 is 11.1 Å². The fraction of sp³-hybridized carbons (Fsp3) is 0.130. The number of rotatable bonds is 8. The van der Waals surface area contributed by atoms with Gasteiger partial charge in [-0.3, -0.25) is 9.59 Å². The molecule has 0 saturated heterocycles. The molecule has 0 radical (unpaired) electrons. The SMILES string of the molecule is Cc1ccc(S(=O)(=O)N(CC(=O)Nc2ccc(C(N)=O)cc2)Cc2ccc(Cl)cc2Cl)cc1. The highest BCUT2D eigenvalue weighted by Gasteiger charge is 2.27. The Labute approximate surface area is 202 Å². The quantitative estimate of drug-likeness (QED) is 0.477. The number of carbonyl (C=O) groups excluding carboxylic acids is 2. The van der Waals surface area contributed by atoms with Crippen LogP contribution in [0.25, 0.3) is 0 Å². The monoisotopic (exact) mass is 505 g/mol. The molecule has 2 amide bonds. The Kier molecular flexibility index (Phi) is 7.76. The molecule has 33 heavy (non-hydrogen) atoms. The van der Waals surface area contributed by atoms with Crippen molar-refractivity contribution in [2.24, 2.45) is 5.73 Å². The third-order valence-electron chi connectivity index (χ3n) is 4.79. The Morgan fingerprint density at radius 1 is 0.970 bits per heavy atom. The van der Waals surface area contributed by atoms with Gasteiger partial charge in [-0.15, -0.1) is 0 Å². The summed E-state index contributed by atoms with van der Waals surface area (Å²) in [5.74, 6) is -1.16. The van der Waals surface area contributed by atoms with E-state index in [1.807, 2.05) is 6.92 Å². The number of nitrogens with two attached hydrogens (primary N) is 1. The summed E-state index contributed by atoms with van der Waals surface area (Å²) in [6, 6.07) is 17.0. The van der Waals surface area contributed by atoms with Crippen LogP contribution in [0.2, 0.25) is 10.0 Å². The summed E-state index contributed by atoms with van der Waals surface area (Å²) in [6.07, 6.45) is 0. The number of primary amides is 1. The molecule has 0 spiro atoms. The number of hydrogen-bond donors (Lipinski definition) is 2. The number of nitrogens with zero attached hydrogens (tertiary/aromatic N) is 1. The predicted octanol–water partition coefficient (Wildman–Crippen LogP) is 4.23. The first-order valence-electron chi connectivity index (χ1n) is 9.77. The first-order chi connectivity index (χ1) is 15.6. The maximum absolute atomic E-state index is 13.4. The van der Waals surface area contributed by atoms with Crippen LogP contribution in [0.4, 0.5) is 5.69 Å².